The predicted octanol–water partition coefficient (Wildman–Crippen LogP) is 3.56. The van der Waals surface area contributed by atoms with Crippen molar-refractivity contribution in [2.24, 2.45) is 11.3 Å². The molecule has 5 nitrogen and oxygen atoms in total. The van der Waals surface area contributed by atoms with Crippen LogP contribution in [0, 0.1) is 25.2 Å². The fourth-order valence-electron chi connectivity index (χ4n) is 3.42. The van der Waals surface area contributed by atoms with Gasteiger partial charge in [-0.2, -0.15) is 0 Å². The van der Waals surface area contributed by atoms with Gasteiger partial charge in [0.15, 0.2) is 5.76 Å². The summed E-state index contributed by atoms with van der Waals surface area (Å²) in [6.45, 7) is 10.1. The maximum Gasteiger partial charge on any atom is 0.246 e. The summed E-state index contributed by atoms with van der Waals surface area (Å²) in [5.74, 6) is 1.03. The first-order valence-corrected chi connectivity index (χ1v) is 9.61. The van der Waals surface area contributed by atoms with Gasteiger partial charge in [0.1, 0.15) is 10.6 Å². The summed E-state index contributed by atoms with van der Waals surface area (Å²) in [6, 6.07) is 0.0163. The molecule has 1 aromatic rings. The van der Waals surface area contributed by atoms with Gasteiger partial charge in [0.2, 0.25) is 10.0 Å². The standard InChI is InChI=1S/C16H28N2O3S/c1-6-16(4,5)13-7-9-14(10-8-13)18-22(19,20)15-11(2)17-21-12(15)3/h13-14,18H,6-10H2,1-5H3. The number of nitrogens with zero attached hydrogens (tertiary/aromatic N) is 1. The Morgan fingerprint density at radius 1 is 1.23 bits per heavy atom. The van der Waals surface area contributed by atoms with E-state index in [9.17, 15) is 8.42 Å². The van der Waals surface area contributed by atoms with Crippen molar-refractivity contribution < 1.29 is 12.9 Å². The largest absolute Gasteiger partial charge is 0.360 e. The maximum atomic E-state index is 12.5. The van der Waals surface area contributed by atoms with Gasteiger partial charge in [0.25, 0.3) is 0 Å². The summed E-state index contributed by atoms with van der Waals surface area (Å²) in [4.78, 5) is 0.198. The molecule has 1 aliphatic rings. The second kappa shape index (κ2) is 6.32. The van der Waals surface area contributed by atoms with Crippen LogP contribution in [0.3, 0.4) is 0 Å². The van der Waals surface area contributed by atoms with E-state index in [0.29, 0.717) is 22.8 Å². The zero-order valence-corrected chi connectivity index (χ0v) is 15.1. The van der Waals surface area contributed by atoms with Gasteiger partial charge >= 0.3 is 0 Å². The van der Waals surface area contributed by atoms with E-state index in [1.807, 2.05) is 0 Å². The summed E-state index contributed by atoms with van der Waals surface area (Å²) in [5.41, 5.74) is 0.761. The summed E-state index contributed by atoms with van der Waals surface area (Å²) in [5, 5.41) is 3.74. The molecule has 2 rings (SSSR count). The highest BCUT2D eigenvalue weighted by Gasteiger charge is 2.34. The van der Waals surface area contributed by atoms with Gasteiger partial charge in [0, 0.05) is 6.04 Å². The van der Waals surface area contributed by atoms with Gasteiger partial charge < -0.3 is 4.52 Å². The molecular weight excluding hydrogens is 300 g/mol. The van der Waals surface area contributed by atoms with E-state index in [4.69, 9.17) is 4.52 Å². The Kier molecular flexibility index (Phi) is 5.02. The molecular formula is C16H28N2O3S. The molecule has 126 valence electrons. The van der Waals surface area contributed by atoms with Gasteiger partial charge in [-0.15, -0.1) is 0 Å². The van der Waals surface area contributed by atoms with E-state index >= 15 is 0 Å². The number of rotatable bonds is 5. The third-order valence-electron chi connectivity index (χ3n) is 5.30. The van der Waals surface area contributed by atoms with Gasteiger partial charge in [-0.1, -0.05) is 32.3 Å². The first kappa shape index (κ1) is 17.5. The lowest BCUT2D eigenvalue weighted by Gasteiger charge is -2.38. The molecule has 22 heavy (non-hydrogen) atoms. The van der Waals surface area contributed by atoms with Crippen molar-refractivity contribution in [3.63, 3.8) is 0 Å². The second-order valence-electron chi connectivity index (χ2n) is 7.17. The van der Waals surface area contributed by atoms with Gasteiger partial charge in [-0.05, 0) is 50.9 Å². The van der Waals surface area contributed by atoms with Crippen LogP contribution in [0.2, 0.25) is 0 Å². The molecule has 1 aromatic heterocycles. The minimum absolute atomic E-state index is 0.0163. The fraction of sp³-hybridized carbons (Fsp3) is 0.812. The lowest BCUT2D eigenvalue weighted by atomic mass is 9.69. The molecule has 6 heteroatoms. The number of sulfonamides is 1. The van der Waals surface area contributed by atoms with Crippen LogP contribution < -0.4 is 4.72 Å². The molecule has 0 aliphatic heterocycles. The van der Waals surface area contributed by atoms with Crippen LogP contribution in [0.4, 0.5) is 0 Å². The lowest BCUT2D eigenvalue weighted by molar-refractivity contribution is 0.142. The molecule has 0 bridgehead atoms. The number of aryl methyl sites for hydroxylation is 2. The second-order valence-corrected chi connectivity index (χ2v) is 8.82. The summed E-state index contributed by atoms with van der Waals surface area (Å²) >= 11 is 0. The number of hydrogen-bond donors (Lipinski definition) is 1. The fourth-order valence-corrected chi connectivity index (χ4v) is 5.05. The Morgan fingerprint density at radius 2 is 1.82 bits per heavy atom. The lowest BCUT2D eigenvalue weighted by Crippen LogP contribution is -2.40. The summed E-state index contributed by atoms with van der Waals surface area (Å²) in [6.07, 6.45) is 5.12. The maximum absolute atomic E-state index is 12.5. The van der Waals surface area contributed by atoms with E-state index in [0.717, 1.165) is 32.1 Å². The smallest absolute Gasteiger partial charge is 0.246 e. The van der Waals surface area contributed by atoms with E-state index in [1.54, 1.807) is 13.8 Å². The molecule has 0 atom stereocenters. The Balaban J connectivity index is 2.02. The third-order valence-corrected chi connectivity index (χ3v) is 7.07. The summed E-state index contributed by atoms with van der Waals surface area (Å²) in [7, 11) is -3.54. The van der Waals surface area contributed by atoms with E-state index in [-0.39, 0.29) is 10.9 Å². The van der Waals surface area contributed by atoms with Crippen molar-refractivity contribution in [1.82, 2.24) is 9.88 Å². The van der Waals surface area contributed by atoms with Crippen molar-refractivity contribution in [2.45, 2.75) is 77.7 Å². The molecule has 0 aromatic carbocycles. The first-order valence-electron chi connectivity index (χ1n) is 8.12. The molecule has 1 fully saturated rings. The monoisotopic (exact) mass is 328 g/mol. The van der Waals surface area contributed by atoms with Crippen LogP contribution in [-0.4, -0.2) is 19.6 Å². The Hall–Kier alpha value is -0.880. The number of hydrogen-bond acceptors (Lipinski definition) is 4. The van der Waals surface area contributed by atoms with Crippen molar-refractivity contribution in [2.75, 3.05) is 0 Å². The minimum Gasteiger partial charge on any atom is -0.360 e. The molecule has 1 heterocycles. The van der Waals surface area contributed by atoms with E-state index in [1.165, 1.54) is 0 Å². The average molecular weight is 328 g/mol. The highest BCUT2D eigenvalue weighted by atomic mass is 32.2. The van der Waals surface area contributed by atoms with Crippen molar-refractivity contribution in [3.05, 3.63) is 11.5 Å². The van der Waals surface area contributed by atoms with Crippen LogP contribution in [0.1, 0.15) is 64.3 Å². The number of nitrogens with one attached hydrogen (secondary N) is 1. The number of aromatic nitrogens is 1. The van der Waals surface area contributed by atoms with Gasteiger partial charge in [0.05, 0.1) is 0 Å². The highest BCUT2D eigenvalue weighted by molar-refractivity contribution is 7.89. The van der Waals surface area contributed by atoms with Crippen molar-refractivity contribution in [3.8, 4) is 0 Å². The van der Waals surface area contributed by atoms with Crippen LogP contribution in [-0.2, 0) is 10.0 Å². The predicted molar refractivity (Wildman–Crippen MR) is 86.1 cm³/mol. The Bertz CT molecular complexity index is 592. The van der Waals surface area contributed by atoms with E-state index in [2.05, 4.69) is 30.6 Å². The summed E-state index contributed by atoms with van der Waals surface area (Å²) < 4.78 is 32.9. The highest BCUT2D eigenvalue weighted by Crippen LogP contribution is 2.40. The normalized spacial score (nSPS) is 23.7. The van der Waals surface area contributed by atoms with Crippen LogP contribution >= 0.6 is 0 Å². The average Bonchev–Trinajstić information content (AvgIpc) is 2.79. The van der Waals surface area contributed by atoms with Gasteiger partial charge in [-0.25, -0.2) is 13.1 Å². The van der Waals surface area contributed by atoms with Crippen molar-refractivity contribution in [1.29, 1.82) is 0 Å². The molecule has 0 saturated heterocycles. The molecule has 1 aliphatic carbocycles. The first-order chi connectivity index (χ1) is 10.2. The van der Waals surface area contributed by atoms with E-state index < -0.39 is 10.0 Å². The third kappa shape index (κ3) is 3.54. The molecule has 0 radical (unpaired) electrons. The van der Waals surface area contributed by atoms with Crippen LogP contribution in [0.5, 0.6) is 0 Å². The van der Waals surface area contributed by atoms with Gasteiger partial charge in [-0.3, -0.25) is 0 Å². The SMILES string of the molecule is CCC(C)(C)C1CCC(NS(=O)(=O)c2c(C)noc2C)CC1. The molecule has 1 N–H and O–H groups in total. The van der Waals surface area contributed by atoms with Crippen LogP contribution in [0.15, 0.2) is 9.42 Å². The molecule has 0 unspecified atom stereocenters. The Labute approximate surface area is 133 Å². The Morgan fingerprint density at radius 3 is 2.27 bits per heavy atom. The quantitative estimate of drug-likeness (QED) is 0.897. The van der Waals surface area contributed by atoms with Crippen LogP contribution in [0.25, 0.3) is 0 Å². The van der Waals surface area contributed by atoms with Crippen molar-refractivity contribution >= 4 is 10.0 Å². The minimum atomic E-state index is -3.54. The zero-order valence-electron chi connectivity index (χ0n) is 14.3. The molecule has 0 amide bonds. The zero-order chi connectivity index (χ0) is 16.5. The molecule has 1 saturated carbocycles. The topological polar surface area (TPSA) is 72.2 Å². The molecule has 0 spiro atoms.